The molecule has 2 N–H and O–H groups in total. The second kappa shape index (κ2) is 10.7. The van der Waals surface area contributed by atoms with E-state index in [0.717, 1.165) is 25.9 Å². The van der Waals surface area contributed by atoms with Crippen LogP contribution in [0.4, 0.5) is 4.39 Å². The van der Waals surface area contributed by atoms with Gasteiger partial charge < -0.3 is 10.6 Å². The number of nitrogens with one attached hydrogen (secondary N) is 2. The van der Waals surface area contributed by atoms with Crippen LogP contribution in [-0.2, 0) is 22.4 Å². The number of hydrogen-bond donors (Lipinski definition) is 2. The lowest BCUT2D eigenvalue weighted by molar-refractivity contribution is -0.133. The van der Waals surface area contributed by atoms with Crippen LogP contribution in [0.1, 0.15) is 24.0 Å². The lowest BCUT2D eigenvalue weighted by Gasteiger charge is -2.34. The van der Waals surface area contributed by atoms with Crippen LogP contribution < -0.4 is 10.6 Å². The van der Waals surface area contributed by atoms with Crippen molar-refractivity contribution in [1.29, 1.82) is 0 Å². The van der Waals surface area contributed by atoms with Crippen molar-refractivity contribution in [2.75, 3.05) is 26.2 Å². The molecule has 1 saturated heterocycles. The summed E-state index contributed by atoms with van der Waals surface area (Å²) in [6, 6.07) is 16.3. The van der Waals surface area contributed by atoms with Crippen molar-refractivity contribution in [2.24, 2.45) is 0 Å². The van der Waals surface area contributed by atoms with Gasteiger partial charge in [0.15, 0.2) is 0 Å². The molecule has 0 spiro atoms. The number of nitrogens with zero attached hydrogens (tertiary/aromatic N) is 1. The maximum atomic E-state index is 13.7. The number of piperazine rings is 1. The normalized spacial score (nSPS) is 17.0. The molecule has 0 saturated carbocycles. The maximum absolute atomic E-state index is 13.7. The van der Waals surface area contributed by atoms with Gasteiger partial charge in [0.1, 0.15) is 5.82 Å². The van der Waals surface area contributed by atoms with Gasteiger partial charge in [0, 0.05) is 19.6 Å². The van der Waals surface area contributed by atoms with Crippen molar-refractivity contribution >= 4 is 11.8 Å². The number of hydrogen-bond acceptors (Lipinski definition) is 3. The third-order valence-corrected chi connectivity index (χ3v) is 5.25. The molecule has 1 aliphatic heterocycles. The summed E-state index contributed by atoms with van der Waals surface area (Å²) in [5.41, 5.74) is 1.85. The standard InChI is InChI=1S/C23H28FN3O2/c24-20-11-5-4-10-19(20)12-13-25-22(28)17-21-23(29)26-14-16-27(21)15-6-9-18-7-2-1-3-8-18/h1-5,7-8,10-11,21H,6,9,12-17H2,(H,25,28)(H,26,29)/t21-/m1/s1. The van der Waals surface area contributed by atoms with Gasteiger partial charge in [-0.3, -0.25) is 14.5 Å². The number of carbonyl (C=O) groups excluding carboxylic acids is 2. The Bertz CT molecular complexity index is 813. The smallest absolute Gasteiger partial charge is 0.237 e. The molecule has 1 atom stereocenters. The molecule has 1 heterocycles. The van der Waals surface area contributed by atoms with E-state index in [-0.39, 0.29) is 24.1 Å². The van der Waals surface area contributed by atoms with Gasteiger partial charge in [0.25, 0.3) is 0 Å². The molecule has 1 aliphatic rings. The van der Waals surface area contributed by atoms with E-state index in [1.807, 2.05) is 18.2 Å². The van der Waals surface area contributed by atoms with Crippen molar-refractivity contribution in [3.63, 3.8) is 0 Å². The summed E-state index contributed by atoms with van der Waals surface area (Å²) in [6.07, 6.45) is 2.42. The molecule has 0 bridgehead atoms. The van der Waals surface area contributed by atoms with Crippen LogP contribution >= 0.6 is 0 Å². The Morgan fingerprint density at radius 2 is 1.86 bits per heavy atom. The van der Waals surface area contributed by atoms with Gasteiger partial charge in [-0.1, -0.05) is 48.5 Å². The van der Waals surface area contributed by atoms with Crippen molar-refractivity contribution in [1.82, 2.24) is 15.5 Å². The number of halogens is 1. The fraction of sp³-hybridized carbons (Fsp3) is 0.391. The fourth-order valence-electron chi connectivity index (χ4n) is 3.67. The zero-order chi connectivity index (χ0) is 20.5. The highest BCUT2D eigenvalue weighted by atomic mass is 19.1. The summed E-state index contributed by atoms with van der Waals surface area (Å²) in [5.74, 6) is -0.547. The van der Waals surface area contributed by atoms with Crippen molar-refractivity contribution in [2.45, 2.75) is 31.7 Å². The van der Waals surface area contributed by atoms with E-state index in [2.05, 4.69) is 27.7 Å². The lowest BCUT2D eigenvalue weighted by atomic mass is 10.1. The minimum atomic E-state index is -0.451. The average molecular weight is 397 g/mol. The summed E-state index contributed by atoms with van der Waals surface area (Å²) >= 11 is 0. The first-order valence-electron chi connectivity index (χ1n) is 10.2. The molecule has 0 radical (unpaired) electrons. The van der Waals surface area contributed by atoms with Gasteiger partial charge in [-0.05, 0) is 43.0 Å². The molecular weight excluding hydrogens is 369 g/mol. The van der Waals surface area contributed by atoms with Crippen LogP contribution in [0.15, 0.2) is 54.6 Å². The topological polar surface area (TPSA) is 61.4 Å². The van der Waals surface area contributed by atoms with E-state index < -0.39 is 6.04 Å². The number of carbonyl (C=O) groups is 2. The first-order valence-corrected chi connectivity index (χ1v) is 10.2. The van der Waals surface area contributed by atoms with Crippen LogP contribution in [0.5, 0.6) is 0 Å². The monoisotopic (exact) mass is 397 g/mol. The molecule has 29 heavy (non-hydrogen) atoms. The Balaban J connectivity index is 1.46. The van der Waals surface area contributed by atoms with E-state index in [1.54, 1.807) is 18.2 Å². The highest BCUT2D eigenvalue weighted by Crippen LogP contribution is 2.12. The van der Waals surface area contributed by atoms with Gasteiger partial charge in [-0.15, -0.1) is 0 Å². The van der Waals surface area contributed by atoms with Crippen LogP contribution in [-0.4, -0.2) is 48.9 Å². The third-order valence-electron chi connectivity index (χ3n) is 5.25. The van der Waals surface area contributed by atoms with Gasteiger partial charge in [-0.25, -0.2) is 4.39 Å². The highest BCUT2D eigenvalue weighted by Gasteiger charge is 2.31. The van der Waals surface area contributed by atoms with E-state index in [4.69, 9.17) is 0 Å². The Labute approximate surface area is 171 Å². The average Bonchev–Trinajstić information content (AvgIpc) is 2.72. The summed E-state index contributed by atoms with van der Waals surface area (Å²) in [5, 5.41) is 5.67. The molecular formula is C23H28FN3O2. The molecule has 0 unspecified atom stereocenters. The van der Waals surface area contributed by atoms with Crippen molar-refractivity contribution in [3.8, 4) is 0 Å². The Kier molecular flexibility index (Phi) is 7.76. The molecule has 6 heteroatoms. The molecule has 0 aromatic heterocycles. The number of rotatable bonds is 9. The Morgan fingerprint density at radius 1 is 1.10 bits per heavy atom. The molecule has 1 fully saturated rings. The molecule has 5 nitrogen and oxygen atoms in total. The molecule has 3 rings (SSSR count). The first-order chi connectivity index (χ1) is 14.1. The quantitative estimate of drug-likeness (QED) is 0.683. The molecule has 154 valence electrons. The van der Waals surface area contributed by atoms with Crippen molar-refractivity contribution in [3.05, 3.63) is 71.5 Å². The summed E-state index contributed by atoms with van der Waals surface area (Å²) in [7, 11) is 0. The van der Waals surface area contributed by atoms with Crippen LogP contribution in [0.3, 0.4) is 0 Å². The largest absolute Gasteiger partial charge is 0.356 e. The summed E-state index contributed by atoms with van der Waals surface area (Å²) in [4.78, 5) is 26.8. The Hall–Kier alpha value is -2.73. The third kappa shape index (κ3) is 6.39. The summed E-state index contributed by atoms with van der Waals surface area (Å²) < 4.78 is 13.7. The van der Waals surface area contributed by atoms with Gasteiger partial charge in [0.2, 0.25) is 11.8 Å². The molecule has 2 amide bonds. The van der Waals surface area contributed by atoms with Crippen LogP contribution in [0, 0.1) is 5.82 Å². The van der Waals surface area contributed by atoms with Crippen LogP contribution in [0.2, 0.25) is 0 Å². The highest BCUT2D eigenvalue weighted by molar-refractivity contribution is 5.88. The van der Waals surface area contributed by atoms with E-state index in [1.165, 1.54) is 11.6 Å². The second-order valence-electron chi connectivity index (χ2n) is 7.33. The van der Waals surface area contributed by atoms with E-state index in [9.17, 15) is 14.0 Å². The fourth-order valence-corrected chi connectivity index (χ4v) is 3.67. The molecule has 2 aromatic rings. The van der Waals surface area contributed by atoms with Gasteiger partial charge >= 0.3 is 0 Å². The van der Waals surface area contributed by atoms with Gasteiger partial charge in [-0.2, -0.15) is 0 Å². The number of aryl methyl sites for hydroxylation is 1. The zero-order valence-electron chi connectivity index (χ0n) is 16.6. The molecule has 0 aliphatic carbocycles. The number of benzene rings is 2. The second-order valence-corrected chi connectivity index (χ2v) is 7.33. The maximum Gasteiger partial charge on any atom is 0.237 e. The summed E-state index contributed by atoms with van der Waals surface area (Å²) in [6.45, 7) is 2.47. The van der Waals surface area contributed by atoms with Gasteiger partial charge in [0.05, 0.1) is 12.5 Å². The van der Waals surface area contributed by atoms with E-state index >= 15 is 0 Å². The number of amides is 2. The lowest BCUT2D eigenvalue weighted by Crippen LogP contribution is -2.56. The zero-order valence-corrected chi connectivity index (χ0v) is 16.6. The van der Waals surface area contributed by atoms with Crippen LogP contribution in [0.25, 0.3) is 0 Å². The minimum absolute atomic E-state index is 0.0970. The predicted octanol–water partition coefficient (Wildman–Crippen LogP) is 2.31. The minimum Gasteiger partial charge on any atom is -0.356 e. The SMILES string of the molecule is O=C(C[C@@H]1C(=O)NCCN1CCCc1ccccc1)NCCc1ccccc1F. The molecule has 2 aromatic carbocycles. The van der Waals surface area contributed by atoms with E-state index in [0.29, 0.717) is 25.1 Å². The van der Waals surface area contributed by atoms with Crippen molar-refractivity contribution < 1.29 is 14.0 Å². The first kappa shape index (κ1) is 21.0. The predicted molar refractivity (Wildman–Crippen MR) is 111 cm³/mol. The Morgan fingerprint density at radius 3 is 2.66 bits per heavy atom.